The number of aliphatic hydroxyl groups is 1. The summed E-state index contributed by atoms with van der Waals surface area (Å²) in [6, 6.07) is 0. The van der Waals surface area contributed by atoms with Crippen LogP contribution in [0, 0.1) is 11.8 Å². The second-order valence-corrected chi connectivity index (χ2v) is 3.95. The first kappa shape index (κ1) is 13.1. The van der Waals surface area contributed by atoms with Gasteiger partial charge in [0.1, 0.15) is 0 Å². The van der Waals surface area contributed by atoms with Crippen LogP contribution < -0.4 is 0 Å². The average Bonchev–Trinajstić information content (AvgIpc) is 2.10. The first-order chi connectivity index (χ1) is 6.45. The van der Waals surface area contributed by atoms with E-state index in [0.29, 0.717) is 0 Å². The number of ketones is 1. The molecule has 0 spiro atoms. The number of hydrogen-bond acceptors (Lipinski definition) is 2. The lowest BCUT2D eigenvalue weighted by atomic mass is 9.94. The molecule has 0 aliphatic carbocycles. The van der Waals surface area contributed by atoms with Crippen LogP contribution in [0.25, 0.3) is 0 Å². The second kappa shape index (κ2) is 6.55. The quantitative estimate of drug-likeness (QED) is 0.541. The summed E-state index contributed by atoms with van der Waals surface area (Å²) in [6.07, 6.45) is 6.59. The Morgan fingerprint density at radius 3 is 2.21 bits per heavy atom. The normalized spacial score (nSPS) is 16.7. The van der Waals surface area contributed by atoms with Crippen LogP contribution in [0.15, 0.2) is 24.3 Å². The number of allylic oxidation sites excluding steroid dienone is 3. The molecule has 0 aliphatic rings. The maximum absolute atomic E-state index is 10.6. The van der Waals surface area contributed by atoms with Crippen molar-refractivity contribution >= 4 is 5.78 Å². The van der Waals surface area contributed by atoms with Crippen LogP contribution in [0.1, 0.15) is 27.7 Å². The second-order valence-electron chi connectivity index (χ2n) is 3.95. The summed E-state index contributed by atoms with van der Waals surface area (Å²) in [5.41, 5.74) is 0. The summed E-state index contributed by atoms with van der Waals surface area (Å²) in [5.74, 6) is 0.407. The van der Waals surface area contributed by atoms with Crippen LogP contribution in [0.3, 0.4) is 0 Å². The molecule has 0 aromatic heterocycles. The predicted octanol–water partition coefficient (Wildman–Crippen LogP) is 2.34. The van der Waals surface area contributed by atoms with E-state index in [4.69, 9.17) is 0 Å². The predicted molar refractivity (Wildman–Crippen MR) is 59.0 cm³/mol. The van der Waals surface area contributed by atoms with Crippen molar-refractivity contribution in [3.8, 4) is 0 Å². The fraction of sp³-hybridized carbons (Fsp3) is 0.583. The van der Waals surface area contributed by atoms with E-state index in [1.165, 1.54) is 13.0 Å². The summed E-state index contributed by atoms with van der Waals surface area (Å²) in [4.78, 5) is 10.6. The van der Waals surface area contributed by atoms with Crippen molar-refractivity contribution in [2.45, 2.75) is 33.8 Å². The largest absolute Gasteiger partial charge is 0.392 e. The first-order valence-electron chi connectivity index (χ1n) is 4.98. The van der Waals surface area contributed by atoms with Crippen molar-refractivity contribution in [2.24, 2.45) is 11.8 Å². The van der Waals surface area contributed by atoms with Crippen LogP contribution in [-0.2, 0) is 4.79 Å². The molecule has 0 amide bonds. The Hall–Kier alpha value is -0.890. The highest BCUT2D eigenvalue weighted by molar-refractivity contribution is 5.87. The van der Waals surface area contributed by atoms with E-state index in [1.807, 2.05) is 26.8 Å². The van der Waals surface area contributed by atoms with Crippen LogP contribution >= 0.6 is 0 Å². The molecule has 0 unspecified atom stereocenters. The van der Waals surface area contributed by atoms with Gasteiger partial charge < -0.3 is 5.11 Å². The third kappa shape index (κ3) is 5.70. The molecule has 80 valence electrons. The molecule has 0 rings (SSSR count). The summed E-state index contributed by atoms with van der Waals surface area (Å²) < 4.78 is 0. The van der Waals surface area contributed by atoms with Crippen molar-refractivity contribution < 1.29 is 9.90 Å². The van der Waals surface area contributed by atoms with Gasteiger partial charge in [0, 0.05) is 5.92 Å². The topological polar surface area (TPSA) is 37.3 Å². The molecule has 0 aromatic carbocycles. The van der Waals surface area contributed by atoms with Gasteiger partial charge in [0.2, 0.25) is 0 Å². The Kier molecular flexibility index (Phi) is 6.13. The van der Waals surface area contributed by atoms with Crippen LogP contribution in [0.5, 0.6) is 0 Å². The molecule has 0 aliphatic heterocycles. The first-order valence-corrected chi connectivity index (χ1v) is 4.98. The van der Waals surface area contributed by atoms with Crippen molar-refractivity contribution in [3.63, 3.8) is 0 Å². The molecule has 0 saturated carbocycles. The molecule has 0 fully saturated rings. The molecule has 2 nitrogen and oxygen atoms in total. The Morgan fingerprint density at radius 2 is 1.79 bits per heavy atom. The van der Waals surface area contributed by atoms with Gasteiger partial charge in [-0.1, -0.05) is 39.0 Å². The van der Waals surface area contributed by atoms with E-state index in [0.717, 1.165) is 0 Å². The fourth-order valence-electron chi connectivity index (χ4n) is 1.15. The minimum absolute atomic E-state index is 0.0340. The van der Waals surface area contributed by atoms with E-state index in [9.17, 15) is 9.90 Å². The average molecular weight is 196 g/mol. The summed E-state index contributed by atoms with van der Waals surface area (Å²) in [6.45, 7) is 7.44. The van der Waals surface area contributed by atoms with Crippen molar-refractivity contribution in [1.82, 2.24) is 0 Å². The summed E-state index contributed by atoms with van der Waals surface area (Å²) in [7, 11) is 0. The van der Waals surface area contributed by atoms with Gasteiger partial charge >= 0.3 is 0 Å². The van der Waals surface area contributed by atoms with E-state index in [1.54, 1.807) is 12.2 Å². The van der Waals surface area contributed by atoms with E-state index >= 15 is 0 Å². The Balaban J connectivity index is 4.05. The number of carbonyl (C=O) groups is 1. The van der Waals surface area contributed by atoms with Gasteiger partial charge in [-0.05, 0) is 18.9 Å². The Labute approximate surface area is 86.3 Å². The molecular weight excluding hydrogens is 176 g/mol. The van der Waals surface area contributed by atoms with Crippen molar-refractivity contribution in [1.29, 1.82) is 0 Å². The van der Waals surface area contributed by atoms with Gasteiger partial charge in [0.15, 0.2) is 5.78 Å². The van der Waals surface area contributed by atoms with Gasteiger partial charge in [0.05, 0.1) is 6.10 Å². The molecule has 2 atom stereocenters. The highest BCUT2D eigenvalue weighted by atomic mass is 16.3. The molecule has 2 heteroatoms. The fourth-order valence-corrected chi connectivity index (χ4v) is 1.15. The van der Waals surface area contributed by atoms with Crippen LogP contribution in [0.4, 0.5) is 0 Å². The van der Waals surface area contributed by atoms with E-state index < -0.39 is 0 Å². The van der Waals surface area contributed by atoms with E-state index in [2.05, 4.69) is 0 Å². The minimum Gasteiger partial charge on any atom is -0.392 e. The number of carbonyl (C=O) groups excluding carboxylic acids is 1. The lowest BCUT2D eigenvalue weighted by Gasteiger charge is -2.18. The zero-order valence-corrected chi connectivity index (χ0v) is 9.40. The van der Waals surface area contributed by atoms with Gasteiger partial charge in [-0.2, -0.15) is 0 Å². The standard InChI is InChI=1S/C12H20O2/c1-9(2)12(14)10(3)7-5-6-8-11(4)13/h5-10,12,14H,1-4H3/b7-5+,8-6+/t10-,12+/m1/s1. The highest BCUT2D eigenvalue weighted by Crippen LogP contribution is 2.13. The monoisotopic (exact) mass is 196 g/mol. The molecule has 0 heterocycles. The van der Waals surface area contributed by atoms with Crippen LogP contribution in [-0.4, -0.2) is 17.0 Å². The number of hydrogen-bond donors (Lipinski definition) is 1. The third-order valence-electron chi connectivity index (χ3n) is 2.08. The number of aliphatic hydroxyl groups excluding tert-OH is 1. The maximum atomic E-state index is 10.6. The van der Waals surface area contributed by atoms with Gasteiger partial charge in [-0.25, -0.2) is 0 Å². The Morgan fingerprint density at radius 1 is 1.21 bits per heavy atom. The molecule has 1 N–H and O–H groups in total. The number of rotatable bonds is 5. The van der Waals surface area contributed by atoms with E-state index in [-0.39, 0.29) is 23.7 Å². The molecule has 0 saturated heterocycles. The van der Waals surface area contributed by atoms with Gasteiger partial charge in [-0.15, -0.1) is 0 Å². The lowest BCUT2D eigenvalue weighted by molar-refractivity contribution is -0.112. The molecule has 14 heavy (non-hydrogen) atoms. The molecule has 0 bridgehead atoms. The molecular formula is C12H20O2. The lowest BCUT2D eigenvalue weighted by Crippen LogP contribution is -2.21. The highest BCUT2D eigenvalue weighted by Gasteiger charge is 2.14. The van der Waals surface area contributed by atoms with Crippen molar-refractivity contribution in [2.75, 3.05) is 0 Å². The smallest absolute Gasteiger partial charge is 0.152 e. The summed E-state index contributed by atoms with van der Waals surface area (Å²) >= 11 is 0. The van der Waals surface area contributed by atoms with Gasteiger partial charge in [-0.3, -0.25) is 4.79 Å². The zero-order chi connectivity index (χ0) is 11.1. The zero-order valence-electron chi connectivity index (χ0n) is 9.40. The van der Waals surface area contributed by atoms with Crippen LogP contribution in [0.2, 0.25) is 0 Å². The Bertz CT molecular complexity index is 226. The molecule has 0 radical (unpaired) electrons. The van der Waals surface area contributed by atoms with Crippen molar-refractivity contribution in [3.05, 3.63) is 24.3 Å². The SMILES string of the molecule is CC(=O)/C=C/C=C/[C@@H](C)[C@@H](O)C(C)C. The van der Waals surface area contributed by atoms with Gasteiger partial charge in [0.25, 0.3) is 0 Å². The maximum Gasteiger partial charge on any atom is 0.152 e. The third-order valence-corrected chi connectivity index (χ3v) is 2.08. The minimum atomic E-state index is -0.322. The summed E-state index contributed by atoms with van der Waals surface area (Å²) in [5, 5.41) is 9.66. The molecule has 0 aromatic rings.